The highest BCUT2D eigenvalue weighted by atomic mass is 32.2. The van der Waals surface area contributed by atoms with Crippen molar-refractivity contribution in [3.05, 3.63) is 76.0 Å². The van der Waals surface area contributed by atoms with Crippen LogP contribution < -0.4 is 5.32 Å². The third-order valence-electron chi connectivity index (χ3n) is 4.72. The van der Waals surface area contributed by atoms with Gasteiger partial charge in [0.15, 0.2) is 5.13 Å². The number of hydrogen-bond acceptors (Lipinski definition) is 6. The number of anilines is 1. The van der Waals surface area contributed by atoms with Gasteiger partial charge >= 0.3 is 0 Å². The second-order valence-electron chi connectivity index (χ2n) is 7.30. The lowest BCUT2D eigenvalue weighted by Crippen LogP contribution is -2.36. The van der Waals surface area contributed by atoms with Gasteiger partial charge in [-0.1, -0.05) is 12.1 Å². The van der Waals surface area contributed by atoms with Crippen molar-refractivity contribution in [1.82, 2.24) is 9.29 Å². The number of amides is 2. The van der Waals surface area contributed by atoms with Crippen LogP contribution in [-0.2, 0) is 16.4 Å². The molecule has 2 amide bonds. The summed E-state index contributed by atoms with van der Waals surface area (Å²) in [5, 5.41) is 2.97. The molecule has 4 rings (SSSR count). The first kappa shape index (κ1) is 21.1. The van der Waals surface area contributed by atoms with Crippen LogP contribution in [-0.4, -0.2) is 35.6 Å². The van der Waals surface area contributed by atoms with E-state index in [4.69, 9.17) is 0 Å². The monoisotopic (exact) mass is 459 g/mol. The number of thiazole rings is 1. The third-order valence-corrected chi connectivity index (χ3v) is 7.63. The first-order valence-electron chi connectivity index (χ1n) is 9.40. The lowest BCUT2D eigenvalue weighted by atomic mass is 10.1. The van der Waals surface area contributed by atoms with E-state index in [1.54, 1.807) is 32.2 Å². The molecule has 2 heterocycles. The van der Waals surface area contributed by atoms with E-state index >= 15 is 0 Å². The van der Waals surface area contributed by atoms with Crippen LogP contribution in [0, 0.1) is 5.82 Å². The molecule has 0 unspecified atom stereocenters. The van der Waals surface area contributed by atoms with Gasteiger partial charge in [0.1, 0.15) is 10.7 Å². The zero-order chi connectivity index (χ0) is 22.3. The molecule has 0 atom stereocenters. The molecule has 0 saturated heterocycles. The first-order valence-corrected chi connectivity index (χ1v) is 11.7. The molecular weight excluding hydrogens is 441 g/mol. The maximum absolute atomic E-state index is 13.3. The van der Waals surface area contributed by atoms with E-state index < -0.39 is 27.9 Å². The number of fused-ring (bicyclic) bond motifs is 1. The van der Waals surface area contributed by atoms with E-state index in [9.17, 15) is 22.4 Å². The van der Waals surface area contributed by atoms with Gasteiger partial charge in [-0.2, -0.15) is 0 Å². The van der Waals surface area contributed by atoms with E-state index in [1.165, 1.54) is 41.7 Å². The fourth-order valence-electron chi connectivity index (χ4n) is 3.36. The second kappa shape index (κ2) is 7.86. The highest BCUT2D eigenvalue weighted by Gasteiger charge is 2.42. The zero-order valence-corrected chi connectivity index (χ0v) is 18.3. The van der Waals surface area contributed by atoms with Crippen LogP contribution >= 0.6 is 11.3 Å². The number of hydrogen-bond donors (Lipinski definition) is 1. The lowest BCUT2D eigenvalue weighted by molar-refractivity contribution is 0.0846. The molecule has 0 radical (unpaired) electrons. The van der Waals surface area contributed by atoms with Gasteiger partial charge < -0.3 is 0 Å². The summed E-state index contributed by atoms with van der Waals surface area (Å²) in [5.74, 6) is -1.46. The number of nitrogens with one attached hydrogen (secondary N) is 1. The van der Waals surface area contributed by atoms with E-state index in [-0.39, 0.29) is 21.8 Å². The Morgan fingerprint density at radius 1 is 1.23 bits per heavy atom. The largest absolute Gasteiger partial charge is 0.298 e. The average molecular weight is 460 g/mol. The topological polar surface area (TPSA) is 96.4 Å². The highest BCUT2D eigenvalue weighted by molar-refractivity contribution is 7.90. The van der Waals surface area contributed by atoms with Gasteiger partial charge in [-0.3, -0.25) is 14.9 Å². The molecular formula is C21H18FN3O4S2. The van der Waals surface area contributed by atoms with Gasteiger partial charge in [-0.05, 0) is 49.7 Å². The number of carbonyl (C=O) groups excluding carboxylic acids is 2. The fourth-order valence-corrected chi connectivity index (χ4v) is 6.00. The summed E-state index contributed by atoms with van der Waals surface area (Å²) < 4.78 is 39.6. The van der Waals surface area contributed by atoms with Crippen LogP contribution in [0.15, 0.2) is 53.6 Å². The minimum atomic E-state index is -4.00. The minimum absolute atomic E-state index is 0.0527. The number of benzene rings is 2. The van der Waals surface area contributed by atoms with E-state index in [0.29, 0.717) is 11.6 Å². The third kappa shape index (κ3) is 3.96. The number of carbonyl (C=O) groups is 2. The van der Waals surface area contributed by atoms with Gasteiger partial charge in [0.2, 0.25) is 0 Å². The van der Waals surface area contributed by atoms with Crippen LogP contribution in [0.25, 0.3) is 0 Å². The van der Waals surface area contributed by atoms with Crippen molar-refractivity contribution >= 4 is 38.3 Å². The summed E-state index contributed by atoms with van der Waals surface area (Å²) in [6, 6.07) is 9.67. The number of sulfonamides is 1. The quantitative estimate of drug-likeness (QED) is 0.628. The van der Waals surface area contributed by atoms with Crippen molar-refractivity contribution in [3.63, 3.8) is 0 Å². The maximum atomic E-state index is 13.3. The van der Waals surface area contributed by atoms with Gasteiger partial charge in [0.25, 0.3) is 21.8 Å². The Labute approximate surface area is 182 Å². The SMILES string of the molecule is CC(C)N1C(=O)c2ccc(C(=O)Nc3ncc(Cc4cccc(F)c4)s3)cc2S1(=O)=O. The Kier molecular flexibility index (Phi) is 5.36. The molecule has 7 nitrogen and oxygen atoms in total. The predicted molar refractivity (Wildman–Crippen MR) is 114 cm³/mol. The average Bonchev–Trinajstić information content (AvgIpc) is 3.21. The molecule has 1 N–H and O–H groups in total. The summed E-state index contributed by atoms with van der Waals surface area (Å²) in [5.41, 5.74) is 0.934. The molecule has 1 aliphatic rings. The number of rotatable bonds is 5. The van der Waals surface area contributed by atoms with Gasteiger partial charge in [-0.25, -0.2) is 22.1 Å². The van der Waals surface area contributed by atoms with E-state index in [0.717, 1.165) is 14.7 Å². The van der Waals surface area contributed by atoms with Crippen LogP contribution in [0.5, 0.6) is 0 Å². The Morgan fingerprint density at radius 3 is 2.71 bits per heavy atom. The molecule has 0 saturated carbocycles. The molecule has 0 fully saturated rings. The molecule has 0 bridgehead atoms. The Hall–Kier alpha value is -3.11. The minimum Gasteiger partial charge on any atom is -0.298 e. The smallest absolute Gasteiger partial charge is 0.269 e. The van der Waals surface area contributed by atoms with Crippen molar-refractivity contribution in [1.29, 1.82) is 0 Å². The second-order valence-corrected chi connectivity index (χ2v) is 10.2. The van der Waals surface area contributed by atoms with E-state index in [1.807, 2.05) is 0 Å². The first-order chi connectivity index (χ1) is 14.7. The summed E-state index contributed by atoms with van der Waals surface area (Å²) in [4.78, 5) is 29.9. The molecule has 2 aromatic carbocycles. The molecule has 31 heavy (non-hydrogen) atoms. The molecule has 3 aromatic rings. The molecule has 1 aromatic heterocycles. The van der Waals surface area contributed by atoms with Gasteiger partial charge in [-0.15, -0.1) is 11.3 Å². The molecule has 0 aliphatic carbocycles. The van der Waals surface area contributed by atoms with Crippen molar-refractivity contribution in [2.24, 2.45) is 0 Å². The number of halogens is 1. The number of aromatic nitrogens is 1. The summed E-state index contributed by atoms with van der Waals surface area (Å²) in [6.07, 6.45) is 2.06. The highest BCUT2D eigenvalue weighted by Crippen LogP contribution is 2.33. The van der Waals surface area contributed by atoms with Crippen molar-refractivity contribution in [2.45, 2.75) is 31.2 Å². The van der Waals surface area contributed by atoms with Crippen LogP contribution in [0.2, 0.25) is 0 Å². The Bertz CT molecular complexity index is 1300. The van der Waals surface area contributed by atoms with Crippen molar-refractivity contribution < 1.29 is 22.4 Å². The standard InChI is InChI=1S/C21H18FN3O4S2/c1-12(2)25-20(27)17-7-6-14(10-18(17)31(25,28)29)19(26)24-21-23-11-16(30-21)9-13-4-3-5-15(22)8-13/h3-8,10-12H,9H2,1-2H3,(H,23,24,26). The van der Waals surface area contributed by atoms with Crippen LogP contribution in [0.1, 0.15) is 45.0 Å². The maximum Gasteiger partial charge on any atom is 0.269 e. The summed E-state index contributed by atoms with van der Waals surface area (Å²) in [7, 11) is -4.00. The van der Waals surface area contributed by atoms with E-state index in [2.05, 4.69) is 10.3 Å². The Morgan fingerprint density at radius 2 is 2.00 bits per heavy atom. The predicted octanol–water partition coefficient (Wildman–Crippen LogP) is 3.68. The van der Waals surface area contributed by atoms with Gasteiger partial charge in [0, 0.05) is 29.1 Å². The molecule has 1 aliphatic heterocycles. The summed E-state index contributed by atoms with van der Waals surface area (Å²) in [6.45, 7) is 3.22. The zero-order valence-electron chi connectivity index (χ0n) is 16.6. The van der Waals surface area contributed by atoms with Gasteiger partial charge in [0.05, 0.1) is 5.56 Å². The number of nitrogens with zero attached hydrogens (tertiary/aromatic N) is 2. The van der Waals surface area contributed by atoms with Crippen molar-refractivity contribution in [3.8, 4) is 0 Å². The summed E-state index contributed by atoms with van der Waals surface area (Å²) >= 11 is 1.24. The molecule has 0 spiro atoms. The van der Waals surface area contributed by atoms with Crippen LogP contribution in [0.4, 0.5) is 9.52 Å². The molecule has 160 valence electrons. The lowest BCUT2D eigenvalue weighted by Gasteiger charge is -2.18. The fraction of sp³-hybridized carbons (Fsp3) is 0.190. The Balaban J connectivity index is 1.53. The molecule has 10 heteroatoms. The van der Waals surface area contributed by atoms with Crippen molar-refractivity contribution in [2.75, 3.05) is 5.32 Å². The van der Waals surface area contributed by atoms with Crippen LogP contribution in [0.3, 0.4) is 0 Å². The normalized spacial score (nSPS) is 14.7.